The van der Waals surface area contributed by atoms with E-state index in [9.17, 15) is 9.59 Å². The molecule has 5 nitrogen and oxygen atoms in total. The molecule has 3 aromatic rings. The van der Waals surface area contributed by atoms with Crippen LogP contribution in [0.25, 0.3) is 5.69 Å². The lowest BCUT2D eigenvalue weighted by Crippen LogP contribution is -2.24. The summed E-state index contributed by atoms with van der Waals surface area (Å²) in [6.07, 6.45) is 2.59. The van der Waals surface area contributed by atoms with Gasteiger partial charge in [0.1, 0.15) is 0 Å². The van der Waals surface area contributed by atoms with Crippen molar-refractivity contribution in [1.29, 1.82) is 0 Å². The van der Waals surface area contributed by atoms with E-state index in [1.165, 1.54) is 5.56 Å². The summed E-state index contributed by atoms with van der Waals surface area (Å²) < 4.78 is 2.14. The van der Waals surface area contributed by atoms with Crippen molar-refractivity contribution in [3.63, 3.8) is 0 Å². The Morgan fingerprint density at radius 1 is 0.929 bits per heavy atom. The molecule has 0 radical (unpaired) electrons. The first-order chi connectivity index (χ1) is 13.5. The molecule has 0 atom stereocenters. The molecule has 28 heavy (non-hydrogen) atoms. The summed E-state index contributed by atoms with van der Waals surface area (Å²) >= 11 is 0. The van der Waals surface area contributed by atoms with Gasteiger partial charge in [0.15, 0.2) is 0 Å². The highest BCUT2D eigenvalue weighted by Gasteiger charge is 2.35. The van der Waals surface area contributed by atoms with E-state index in [4.69, 9.17) is 0 Å². The van der Waals surface area contributed by atoms with Gasteiger partial charge in [0, 0.05) is 22.6 Å². The normalized spacial score (nSPS) is 13.6. The second-order valence-electron chi connectivity index (χ2n) is 6.89. The fourth-order valence-corrected chi connectivity index (χ4v) is 3.60. The van der Waals surface area contributed by atoms with Crippen molar-refractivity contribution in [1.82, 2.24) is 9.58 Å². The van der Waals surface area contributed by atoms with Crippen LogP contribution >= 0.6 is 0 Å². The maximum absolute atomic E-state index is 12.5. The van der Waals surface area contributed by atoms with Crippen molar-refractivity contribution in [2.45, 2.75) is 27.2 Å². The molecule has 2 heterocycles. The zero-order valence-corrected chi connectivity index (χ0v) is 16.1. The number of nitrogens with zero attached hydrogens (tertiary/aromatic N) is 3. The first-order valence-electron chi connectivity index (χ1n) is 9.31. The lowest BCUT2D eigenvalue weighted by molar-refractivity contribution is 0.0660. The predicted molar refractivity (Wildman–Crippen MR) is 109 cm³/mol. The standard InChI is InChI=1S/C23H21N3O2/c1-4-17-9-11-19(12-10-17)25-15(2)13-18(16(25)3)14-24-26-22(27)20-7-5-6-8-21(20)23(26)28/h5-14H,4H2,1-3H3/b24-14-. The number of aromatic nitrogens is 1. The number of rotatable bonds is 4. The molecule has 0 N–H and O–H groups in total. The van der Waals surface area contributed by atoms with Gasteiger partial charge < -0.3 is 4.57 Å². The van der Waals surface area contributed by atoms with Crippen molar-refractivity contribution in [3.05, 3.63) is 88.2 Å². The molecule has 0 saturated carbocycles. The number of hydrogen-bond donors (Lipinski definition) is 0. The molecule has 0 spiro atoms. The summed E-state index contributed by atoms with van der Waals surface area (Å²) in [5, 5.41) is 5.14. The zero-order chi connectivity index (χ0) is 19.8. The van der Waals surface area contributed by atoms with Gasteiger partial charge >= 0.3 is 0 Å². The molecule has 0 unspecified atom stereocenters. The lowest BCUT2D eigenvalue weighted by atomic mass is 10.1. The largest absolute Gasteiger partial charge is 0.318 e. The Morgan fingerprint density at radius 2 is 1.54 bits per heavy atom. The van der Waals surface area contributed by atoms with Crippen molar-refractivity contribution >= 4 is 18.0 Å². The third kappa shape index (κ3) is 2.85. The van der Waals surface area contributed by atoms with Crippen LogP contribution in [0, 0.1) is 13.8 Å². The second-order valence-corrected chi connectivity index (χ2v) is 6.89. The Balaban J connectivity index is 1.65. The molecule has 0 aliphatic carbocycles. The van der Waals surface area contributed by atoms with Gasteiger partial charge in [-0.25, -0.2) is 0 Å². The molecule has 0 bridgehead atoms. The topological polar surface area (TPSA) is 54.7 Å². The zero-order valence-electron chi connectivity index (χ0n) is 16.1. The third-order valence-corrected chi connectivity index (χ3v) is 5.16. The fraction of sp³-hybridized carbons (Fsp3) is 0.174. The van der Waals surface area contributed by atoms with E-state index in [0.29, 0.717) is 11.1 Å². The van der Waals surface area contributed by atoms with Gasteiger partial charge in [0.25, 0.3) is 11.8 Å². The van der Waals surface area contributed by atoms with Crippen LogP contribution in [0.5, 0.6) is 0 Å². The van der Waals surface area contributed by atoms with E-state index in [2.05, 4.69) is 40.9 Å². The molecule has 140 valence electrons. The third-order valence-electron chi connectivity index (χ3n) is 5.16. The molecule has 0 fully saturated rings. The van der Waals surface area contributed by atoms with Gasteiger partial charge in [-0.1, -0.05) is 31.2 Å². The molecule has 5 heteroatoms. The van der Waals surface area contributed by atoms with Gasteiger partial charge in [-0.05, 0) is 56.2 Å². The average molecular weight is 371 g/mol. The van der Waals surface area contributed by atoms with E-state index < -0.39 is 0 Å². The number of amides is 2. The maximum atomic E-state index is 12.5. The molecule has 2 aromatic carbocycles. The lowest BCUT2D eigenvalue weighted by Gasteiger charge is -2.10. The van der Waals surface area contributed by atoms with Crippen LogP contribution in [-0.2, 0) is 6.42 Å². The first-order valence-corrected chi connectivity index (χ1v) is 9.31. The van der Waals surface area contributed by atoms with Crippen molar-refractivity contribution < 1.29 is 9.59 Å². The Kier molecular flexibility index (Phi) is 4.43. The molecule has 4 rings (SSSR count). The van der Waals surface area contributed by atoms with Gasteiger partial charge in [0.2, 0.25) is 0 Å². The Hall–Kier alpha value is -3.47. The Morgan fingerprint density at radius 3 is 2.11 bits per heavy atom. The number of hydrogen-bond acceptors (Lipinski definition) is 3. The summed E-state index contributed by atoms with van der Waals surface area (Å²) in [4.78, 5) is 24.9. The van der Waals surface area contributed by atoms with Gasteiger partial charge in [-0.15, -0.1) is 0 Å². The molecule has 1 aromatic heterocycles. The number of carbonyl (C=O) groups is 2. The minimum atomic E-state index is -0.388. The number of hydrazone groups is 1. The van der Waals surface area contributed by atoms with Crippen molar-refractivity contribution in [2.24, 2.45) is 5.10 Å². The number of benzene rings is 2. The van der Waals surface area contributed by atoms with Crippen LogP contribution in [0.3, 0.4) is 0 Å². The monoisotopic (exact) mass is 371 g/mol. The summed E-state index contributed by atoms with van der Waals surface area (Å²) in [5.74, 6) is -0.776. The van der Waals surface area contributed by atoms with E-state index in [0.717, 1.165) is 34.1 Å². The quantitative estimate of drug-likeness (QED) is 0.507. The minimum absolute atomic E-state index is 0.388. The van der Waals surface area contributed by atoms with Crippen LogP contribution in [-0.4, -0.2) is 27.6 Å². The molecular weight excluding hydrogens is 350 g/mol. The summed E-state index contributed by atoms with van der Waals surface area (Å²) in [6, 6.07) is 17.2. The van der Waals surface area contributed by atoms with Crippen molar-refractivity contribution in [3.8, 4) is 5.69 Å². The fourth-order valence-electron chi connectivity index (χ4n) is 3.60. The van der Waals surface area contributed by atoms with Gasteiger partial charge in [0.05, 0.1) is 17.3 Å². The van der Waals surface area contributed by atoms with Gasteiger partial charge in [-0.3, -0.25) is 9.59 Å². The molecule has 1 aliphatic heterocycles. The van der Waals surface area contributed by atoms with Crippen LogP contribution < -0.4 is 0 Å². The number of fused-ring (bicyclic) bond motifs is 1. The second kappa shape index (κ2) is 6.93. The average Bonchev–Trinajstić information content (AvgIpc) is 3.13. The highest BCUT2D eigenvalue weighted by Crippen LogP contribution is 2.24. The molecule has 0 saturated heterocycles. The minimum Gasteiger partial charge on any atom is -0.318 e. The molecule has 1 aliphatic rings. The molecule has 2 amide bonds. The highest BCUT2D eigenvalue weighted by molar-refractivity contribution is 6.21. The number of carbonyl (C=O) groups excluding carboxylic acids is 2. The highest BCUT2D eigenvalue weighted by atomic mass is 16.2. The predicted octanol–water partition coefficient (Wildman–Crippen LogP) is 4.29. The number of imide groups is 1. The first kappa shape index (κ1) is 17.9. The summed E-state index contributed by atoms with van der Waals surface area (Å²) in [7, 11) is 0. The smallest absolute Gasteiger partial charge is 0.282 e. The van der Waals surface area contributed by atoms with Crippen LogP contribution in [0.2, 0.25) is 0 Å². The summed E-state index contributed by atoms with van der Waals surface area (Å²) in [5.41, 5.74) is 6.09. The Labute approximate surface area is 163 Å². The van der Waals surface area contributed by atoms with Crippen LogP contribution in [0.15, 0.2) is 59.7 Å². The van der Waals surface area contributed by atoms with Crippen LogP contribution in [0.4, 0.5) is 0 Å². The Bertz CT molecular complexity index is 1070. The van der Waals surface area contributed by atoms with Crippen molar-refractivity contribution in [2.75, 3.05) is 0 Å². The van der Waals surface area contributed by atoms with E-state index >= 15 is 0 Å². The molecular formula is C23H21N3O2. The van der Waals surface area contributed by atoms with E-state index in [1.807, 2.05) is 19.9 Å². The van der Waals surface area contributed by atoms with Gasteiger partial charge in [-0.2, -0.15) is 10.1 Å². The summed E-state index contributed by atoms with van der Waals surface area (Å²) in [6.45, 7) is 6.17. The maximum Gasteiger partial charge on any atom is 0.282 e. The van der Waals surface area contributed by atoms with E-state index in [1.54, 1.807) is 30.5 Å². The number of aryl methyl sites for hydroxylation is 2. The SMILES string of the molecule is CCc1ccc(-n2c(C)cc(/C=N\N3C(=O)c4ccccc4C3=O)c2C)cc1. The van der Waals surface area contributed by atoms with E-state index in [-0.39, 0.29) is 11.8 Å². The van der Waals surface area contributed by atoms with Crippen LogP contribution in [0.1, 0.15) is 50.2 Å².